The Kier molecular flexibility index (Phi) is 3.19. The molecule has 0 amide bonds. The van der Waals surface area contributed by atoms with Crippen LogP contribution in [0, 0.1) is 5.41 Å². The number of carbonyl (C=O) groups is 2. The van der Waals surface area contributed by atoms with Crippen LogP contribution in [0.4, 0.5) is 0 Å². The van der Waals surface area contributed by atoms with Gasteiger partial charge in [0.2, 0.25) is 0 Å². The van der Waals surface area contributed by atoms with Crippen molar-refractivity contribution in [3.05, 3.63) is 23.4 Å². The lowest BCUT2D eigenvalue weighted by Crippen LogP contribution is -2.40. The van der Waals surface area contributed by atoms with Gasteiger partial charge in [0.05, 0.1) is 5.41 Å². The largest absolute Gasteiger partial charge is 0.480 e. The zero-order valence-electron chi connectivity index (χ0n) is 11.9. The molecule has 20 heavy (non-hydrogen) atoms. The van der Waals surface area contributed by atoms with Crippen LogP contribution >= 0.6 is 0 Å². The normalized spacial score (nSPS) is 33.5. The Balaban J connectivity index is 1.90. The number of hydrogen-bond donors (Lipinski definition) is 1. The quantitative estimate of drug-likeness (QED) is 0.841. The second-order valence-corrected chi connectivity index (χ2v) is 6.28. The van der Waals surface area contributed by atoms with Gasteiger partial charge in [0.15, 0.2) is 0 Å². The molecule has 0 unspecified atom stereocenters. The topological polar surface area (TPSA) is 57.6 Å². The van der Waals surface area contributed by atoms with Gasteiger partial charge in [-0.1, -0.05) is 6.08 Å². The molecular weight excluding hydrogens is 254 g/mol. The van der Waals surface area contributed by atoms with E-state index >= 15 is 0 Å². The van der Waals surface area contributed by atoms with E-state index in [0.717, 1.165) is 49.9 Å². The number of carbonyl (C=O) groups excluding carboxylic acids is 1. The first-order valence-corrected chi connectivity index (χ1v) is 7.46. The lowest BCUT2D eigenvalue weighted by atomic mass is 9.67. The number of rotatable bonds is 2. The number of carboxylic acid groups (broad SMARTS) is 1. The summed E-state index contributed by atoms with van der Waals surface area (Å²) >= 11 is 0. The van der Waals surface area contributed by atoms with Crippen LogP contribution < -0.4 is 0 Å². The Morgan fingerprint density at radius 2 is 2.25 bits per heavy atom. The zero-order valence-corrected chi connectivity index (χ0v) is 11.9. The maximum atomic E-state index is 12.2. The molecule has 4 heteroatoms. The SMILES string of the molecule is C[C@]12CCC(N3CCC[C@H]3C(=O)O)=CC1=CCCC2=O. The smallest absolute Gasteiger partial charge is 0.326 e. The monoisotopic (exact) mass is 275 g/mol. The lowest BCUT2D eigenvalue weighted by Gasteiger charge is -2.39. The third-order valence-corrected chi connectivity index (χ3v) is 5.10. The fourth-order valence-corrected chi connectivity index (χ4v) is 3.75. The molecule has 2 atom stereocenters. The van der Waals surface area contributed by atoms with E-state index in [4.69, 9.17) is 0 Å². The second kappa shape index (κ2) is 4.76. The van der Waals surface area contributed by atoms with Crippen molar-refractivity contribution in [2.45, 2.75) is 51.5 Å². The molecule has 1 heterocycles. The predicted octanol–water partition coefficient (Wildman–Crippen LogP) is 2.51. The summed E-state index contributed by atoms with van der Waals surface area (Å²) in [6.45, 7) is 2.85. The molecule has 0 aromatic rings. The Hall–Kier alpha value is -1.58. The molecule has 1 saturated heterocycles. The Morgan fingerprint density at radius 3 is 3.00 bits per heavy atom. The molecule has 0 saturated carbocycles. The number of nitrogens with zero attached hydrogens (tertiary/aromatic N) is 1. The molecule has 4 nitrogen and oxygen atoms in total. The molecular formula is C16H21NO3. The van der Waals surface area contributed by atoms with Crippen LogP contribution in [0.1, 0.15) is 45.4 Å². The van der Waals surface area contributed by atoms with Gasteiger partial charge in [-0.25, -0.2) is 4.79 Å². The molecule has 1 aliphatic heterocycles. The van der Waals surface area contributed by atoms with Gasteiger partial charge in [-0.15, -0.1) is 0 Å². The van der Waals surface area contributed by atoms with Crippen molar-refractivity contribution >= 4 is 11.8 Å². The van der Waals surface area contributed by atoms with Crippen LogP contribution in [0.3, 0.4) is 0 Å². The minimum Gasteiger partial charge on any atom is -0.480 e. The summed E-state index contributed by atoms with van der Waals surface area (Å²) in [4.78, 5) is 25.5. The van der Waals surface area contributed by atoms with Gasteiger partial charge in [0.1, 0.15) is 11.8 Å². The van der Waals surface area contributed by atoms with E-state index in [9.17, 15) is 14.7 Å². The van der Waals surface area contributed by atoms with Crippen molar-refractivity contribution in [3.8, 4) is 0 Å². The van der Waals surface area contributed by atoms with E-state index in [-0.39, 0.29) is 11.5 Å². The highest BCUT2D eigenvalue weighted by Gasteiger charge is 2.42. The van der Waals surface area contributed by atoms with E-state index in [1.54, 1.807) is 0 Å². The third kappa shape index (κ3) is 1.98. The molecule has 108 valence electrons. The van der Waals surface area contributed by atoms with Gasteiger partial charge in [-0.2, -0.15) is 0 Å². The van der Waals surface area contributed by atoms with Crippen LogP contribution in [0.25, 0.3) is 0 Å². The van der Waals surface area contributed by atoms with E-state index in [1.165, 1.54) is 0 Å². The molecule has 1 fully saturated rings. The summed E-state index contributed by atoms with van der Waals surface area (Å²) in [5, 5.41) is 9.30. The molecule has 0 aromatic carbocycles. The Bertz CT molecular complexity index is 520. The van der Waals surface area contributed by atoms with Gasteiger partial charge < -0.3 is 10.0 Å². The first-order valence-electron chi connectivity index (χ1n) is 7.46. The first kappa shape index (κ1) is 13.4. The van der Waals surface area contributed by atoms with Gasteiger partial charge in [-0.05, 0) is 50.7 Å². The summed E-state index contributed by atoms with van der Waals surface area (Å²) in [6.07, 6.45) is 8.98. The molecule has 3 aliphatic rings. The van der Waals surface area contributed by atoms with E-state index < -0.39 is 5.97 Å². The average molecular weight is 275 g/mol. The van der Waals surface area contributed by atoms with Crippen molar-refractivity contribution in [2.75, 3.05) is 6.54 Å². The van der Waals surface area contributed by atoms with E-state index in [0.29, 0.717) is 12.2 Å². The van der Waals surface area contributed by atoms with Gasteiger partial charge in [-0.3, -0.25) is 4.79 Å². The number of fused-ring (bicyclic) bond motifs is 1. The molecule has 0 bridgehead atoms. The minimum absolute atomic E-state index is 0.333. The van der Waals surface area contributed by atoms with Crippen LogP contribution in [-0.2, 0) is 9.59 Å². The number of ketones is 1. The highest BCUT2D eigenvalue weighted by Crippen LogP contribution is 2.45. The highest BCUT2D eigenvalue weighted by molar-refractivity contribution is 5.90. The second-order valence-electron chi connectivity index (χ2n) is 6.28. The third-order valence-electron chi connectivity index (χ3n) is 5.10. The van der Waals surface area contributed by atoms with Crippen molar-refractivity contribution in [2.24, 2.45) is 5.41 Å². The molecule has 1 N–H and O–H groups in total. The van der Waals surface area contributed by atoms with Gasteiger partial charge >= 0.3 is 5.97 Å². The predicted molar refractivity (Wildman–Crippen MR) is 75.1 cm³/mol. The van der Waals surface area contributed by atoms with Crippen molar-refractivity contribution in [3.63, 3.8) is 0 Å². The van der Waals surface area contributed by atoms with Crippen LogP contribution in [0.15, 0.2) is 23.4 Å². The summed E-state index contributed by atoms with van der Waals surface area (Å²) < 4.78 is 0. The van der Waals surface area contributed by atoms with Crippen molar-refractivity contribution < 1.29 is 14.7 Å². The number of allylic oxidation sites excluding steroid dienone is 4. The number of hydrogen-bond acceptors (Lipinski definition) is 3. The van der Waals surface area contributed by atoms with Crippen LogP contribution in [-0.4, -0.2) is 34.3 Å². The number of likely N-dealkylation sites (tertiary alicyclic amines) is 1. The van der Waals surface area contributed by atoms with Gasteiger partial charge in [0.25, 0.3) is 0 Å². The fourth-order valence-electron chi connectivity index (χ4n) is 3.75. The fraction of sp³-hybridized carbons (Fsp3) is 0.625. The first-order chi connectivity index (χ1) is 9.52. The van der Waals surface area contributed by atoms with E-state index in [1.807, 2.05) is 11.8 Å². The molecule has 0 radical (unpaired) electrons. The van der Waals surface area contributed by atoms with Crippen LogP contribution in [0.2, 0.25) is 0 Å². The maximum Gasteiger partial charge on any atom is 0.326 e. The van der Waals surface area contributed by atoms with Gasteiger partial charge in [0, 0.05) is 18.7 Å². The number of aliphatic carboxylic acids is 1. The zero-order chi connectivity index (χ0) is 14.3. The average Bonchev–Trinajstić information content (AvgIpc) is 2.89. The standard InChI is InChI=1S/C16H21NO3/c1-16-8-7-12(10-11(16)4-2-6-14(16)18)17-9-3-5-13(17)15(19)20/h4,10,13H,2-3,5-9H2,1H3,(H,19,20)/t13-,16-/m0/s1. The molecule has 2 aliphatic carbocycles. The molecule has 0 spiro atoms. The van der Waals surface area contributed by atoms with E-state index in [2.05, 4.69) is 12.2 Å². The summed E-state index contributed by atoms with van der Waals surface area (Å²) in [6, 6.07) is -0.384. The number of carboxylic acids is 1. The molecule has 0 aromatic heterocycles. The Morgan fingerprint density at radius 1 is 1.45 bits per heavy atom. The number of Topliss-reactive ketones (excluding diaryl/α,β-unsaturated/α-hetero) is 1. The maximum absolute atomic E-state index is 12.2. The lowest BCUT2D eigenvalue weighted by molar-refractivity contribution is -0.141. The summed E-state index contributed by atoms with van der Waals surface area (Å²) in [7, 11) is 0. The minimum atomic E-state index is -0.731. The highest BCUT2D eigenvalue weighted by atomic mass is 16.4. The van der Waals surface area contributed by atoms with Crippen LogP contribution in [0.5, 0.6) is 0 Å². The summed E-state index contributed by atoms with van der Waals surface area (Å²) in [5.74, 6) is -0.396. The van der Waals surface area contributed by atoms with Crippen molar-refractivity contribution in [1.82, 2.24) is 4.90 Å². The molecule has 3 rings (SSSR count). The summed E-state index contributed by atoms with van der Waals surface area (Å²) in [5.41, 5.74) is 1.87. The van der Waals surface area contributed by atoms with Crippen molar-refractivity contribution in [1.29, 1.82) is 0 Å². The Labute approximate surface area is 119 Å².